The van der Waals surface area contributed by atoms with Crippen molar-refractivity contribution in [2.45, 2.75) is 6.42 Å². The van der Waals surface area contributed by atoms with Crippen molar-refractivity contribution < 1.29 is 9.53 Å². The van der Waals surface area contributed by atoms with Gasteiger partial charge in [0.2, 0.25) is 5.91 Å². The van der Waals surface area contributed by atoms with Gasteiger partial charge in [-0.05, 0) is 12.1 Å². The second-order valence-corrected chi connectivity index (χ2v) is 4.59. The van der Waals surface area contributed by atoms with E-state index >= 15 is 0 Å². The summed E-state index contributed by atoms with van der Waals surface area (Å²) in [5.74, 6) is 0.723. The molecular weight excluding hydrogens is 242 g/mol. The van der Waals surface area contributed by atoms with Gasteiger partial charge >= 0.3 is 0 Å². The van der Waals surface area contributed by atoms with Crippen molar-refractivity contribution in [3.63, 3.8) is 0 Å². The van der Waals surface area contributed by atoms with Crippen molar-refractivity contribution in [1.82, 2.24) is 10.2 Å². The number of ether oxygens (including phenoxy) is 1. The molecule has 0 radical (unpaired) electrons. The normalized spacial score (nSPS) is 16.1. The monoisotopic (exact) mass is 263 g/mol. The average Bonchev–Trinajstić information content (AvgIpc) is 2.47. The number of carbonyl (C=O) groups is 1. The molecule has 1 aliphatic heterocycles. The minimum atomic E-state index is 0.0306. The topological polar surface area (TPSA) is 53.6 Å². The first-order chi connectivity index (χ1) is 9.29. The van der Waals surface area contributed by atoms with Crippen LogP contribution in [0.1, 0.15) is 6.42 Å². The minimum Gasteiger partial charge on any atom is -0.495 e. The maximum absolute atomic E-state index is 11.9. The summed E-state index contributed by atoms with van der Waals surface area (Å²) >= 11 is 0. The molecule has 1 amide bonds. The maximum atomic E-state index is 11.9. The number of methoxy groups -OCH3 is 1. The van der Waals surface area contributed by atoms with E-state index in [0.29, 0.717) is 12.2 Å². The standard InChI is InChI=1S/C14H21N3O2/c1-19-13-5-3-2-4-12(13)16-14(18)6-9-17-10-7-15-8-11-17/h2-5,15H,6-11H2,1H3,(H,16,18). The molecule has 0 aromatic heterocycles. The van der Waals surface area contributed by atoms with Crippen molar-refractivity contribution >= 4 is 11.6 Å². The zero-order chi connectivity index (χ0) is 13.5. The zero-order valence-corrected chi connectivity index (χ0v) is 11.3. The summed E-state index contributed by atoms with van der Waals surface area (Å²) < 4.78 is 5.21. The fraction of sp³-hybridized carbons (Fsp3) is 0.500. The van der Waals surface area contributed by atoms with Crippen molar-refractivity contribution in [2.24, 2.45) is 0 Å². The van der Waals surface area contributed by atoms with Crippen LogP contribution in [0.2, 0.25) is 0 Å². The summed E-state index contributed by atoms with van der Waals surface area (Å²) in [6.45, 7) is 4.86. The Morgan fingerprint density at radius 2 is 2.11 bits per heavy atom. The zero-order valence-electron chi connectivity index (χ0n) is 11.3. The number of para-hydroxylation sites is 2. The Hall–Kier alpha value is -1.59. The number of nitrogens with one attached hydrogen (secondary N) is 2. The lowest BCUT2D eigenvalue weighted by Crippen LogP contribution is -2.44. The van der Waals surface area contributed by atoms with Crippen LogP contribution in [0.15, 0.2) is 24.3 Å². The molecule has 0 saturated carbocycles. The summed E-state index contributed by atoms with van der Waals surface area (Å²) in [6.07, 6.45) is 0.512. The number of carbonyl (C=O) groups excluding carboxylic acids is 1. The number of piperazine rings is 1. The Balaban J connectivity index is 1.80. The van der Waals surface area contributed by atoms with Gasteiger partial charge in [0.1, 0.15) is 5.75 Å². The number of hydrogen-bond acceptors (Lipinski definition) is 4. The molecule has 0 bridgehead atoms. The molecule has 1 fully saturated rings. The molecule has 1 heterocycles. The van der Waals surface area contributed by atoms with Crippen LogP contribution in [-0.4, -0.2) is 50.6 Å². The summed E-state index contributed by atoms with van der Waals surface area (Å²) in [7, 11) is 1.60. The Morgan fingerprint density at radius 3 is 2.84 bits per heavy atom. The predicted molar refractivity (Wildman–Crippen MR) is 75.6 cm³/mol. The molecule has 2 N–H and O–H groups in total. The number of benzene rings is 1. The quantitative estimate of drug-likeness (QED) is 0.830. The van der Waals surface area contributed by atoms with E-state index in [0.717, 1.165) is 38.4 Å². The molecule has 0 atom stereocenters. The van der Waals surface area contributed by atoms with Crippen LogP contribution >= 0.6 is 0 Å². The maximum Gasteiger partial charge on any atom is 0.225 e. The van der Waals surface area contributed by atoms with Crippen LogP contribution in [0.3, 0.4) is 0 Å². The van der Waals surface area contributed by atoms with Gasteiger partial charge in [-0.15, -0.1) is 0 Å². The SMILES string of the molecule is COc1ccccc1NC(=O)CCN1CCNCC1. The van der Waals surface area contributed by atoms with Crippen LogP contribution in [0.25, 0.3) is 0 Å². The van der Waals surface area contributed by atoms with Crippen molar-refractivity contribution in [1.29, 1.82) is 0 Å². The van der Waals surface area contributed by atoms with Gasteiger partial charge in [-0.25, -0.2) is 0 Å². The van der Waals surface area contributed by atoms with Gasteiger partial charge in [-0.3, -0.25) is 4.79 Å². The van der Waals surface area contributed by atoms with Gasteiger partial charge in [-0.2, -0.15) is 0 Å². The molecule has 2 rings (SSSR count). The predicted octanol–water partition coefficient (Wildman–Crippen LogP) is 0.929. The molecule has 5 nitrogen and oxygen atoms in total. The lowest BCUT2D eigenvalue weighted by molar-refractivity contribution is -0.116. The minimum absolute atomic E-state index is 0.0306. The molecule has 1 aromatic rings. The Kier molecular flexibility index (Phi) is 5.18. The molecule has 0 spiro atoms. The van der Waals surface area contributed by atoms with Gasteiger partial charge in [0.05, 0.1) is 12.8 Å². The highest BCUT2D eigenvalue weighted by atomic mass is 16.5. The molecule has 0 aliphatic carbocycles. The molecule has 19 heavy (non-hydrogen) atoms. The van der Waals surface area contributed by atoms with E-state index < -0.39 is 0 Å². The molecule has 1 aromatic carbocycles. The van der Waals surface area contributed by atoms with Crippen LogP contribution in [0, 0.1) is 0 Å². The van der Waals surface area contributed by atoms with Crippen LogP contribution in [-0.2, 0) is 4.79 Å². The highest BCUT2D eigenvalue weighted by Crippen LogP contribution is 2.22. The highest BCUT2D eigenvalue weighted by Gasteiger charge is 2.12. The largest absolute Gasteiger partial charge is 0.495 e. The molecule has 0 unspecified atom stereocenters. The average molecular weight is 263 g/mol. The highest BCUT2D eigenvalue weighted by molar-refractivity contribution is 5.92. The first kappa shape index (κ1) is 13.8. The van der Waals surface area contributed by atoms with Gasteiger partial charge in [0.25, 0.3) is 0 Å². The number of rotatable bonds is 5. The number of anilines is 1. The third kappa shape index (κ3) is 4.22. The summed E-state index contributed by atoms with van der Waals surface area (Å²) in [5.41, 5.74) is 0.732. The van der Waals surface area contributed by atoms with Crippen LogP contribution in [0.4, 0.5) is 5.69 Å². The van der Waals surface area contributed by atoms with E-state index in [4.69, 9.17) is 4.74 Å². The number of nitrogens with zero attached hydrogens (tertiary/aromatic N) is 1. The smallest absolute Gasteiger partial charge is 0.225 e. The second kappa shape index (κ2) is 7.11. The lowest BCUT2D eigenvalue weighted by Gasteiger charge is -2.26. The van der Waals surface area contributed by atoms with Gasteiger partial charge in [0, 0.05) is 39.1 Å². The van der Waals surface area contributed by atoms with E-state index in [-0.39, 0.29) is 5.91 Å². The van der Waals surface area contributed by atoms with Crippen molar-refractivity contribution in [2.75, 3.05) is 45.2 Å². The molecule has 5 heteroatoms. The first-order valence-corrected chi connectivity index (χ1v) is 6.65. The lowest BCUT2D eigenvalue weighted by atomic mass is 10.2. The van der Waals surface area contributed by atoms with E-state index in [1.54, 1.807) is 7.11 Å². The summed E-state index contributed by atoms with van der Waals surface area (Å²) in [4.78, 5) is 14.2. The second-order valence-electron chi connectivity index (χ2n) is 4.59. The van der Waals surface area contributed by atoms with Gasteiger partial charge in [0.15, 0.2) is 0 Å². The summed E-state index contributed by atoms with van der Waals surface area (Å²) in [5, 5.41) is 6.19. The van der Waals surface area contributed by atoms with Gasteiger partial charge < -0.3 is 20.3 Å². The first-order valence-electron chi connectivity index (χ1n) is 6.65. The molecule has 1 aliphatic rings. The number of hydrogen-bond donors (Lipinski definition) is 2. The van der Waals surface area contributed by atoms with E-state index in [1.165, 1.54) is 0 Å². The van der Waals surface area contributed by atoms with Crippen LogP contribution < -0.4 is 15.4 Å². The molecule has 104 valence electrons. The Bertz CT molecular complexity index is 417. The third-order valence-electron chi connectivity index (χ3n) is 3.25. The van der Waals surface area contributed by atoms with Gasteiger partial charge in [-0.1, -0.05) is 12.1 Å². The Morgan fingerprint density at radius 1 is 1.37 bits per heavy atom. The molecular formula is C14H21N3O2. The number of amides is 1. The molecule has 1 saturated heterocycles. The van der Waals surface area contributed by atoms with Crippen molar-refractivity contribution in [3.05, 3.63) is 24.3 Å². The fourth-order valence-electron chi connectivity index (χ4n) is 2.16. The van der Waals surface area contributed by atoms with Crippen LogP contribution in [0.5, 0.6) is 5.75 Å². The van der Waals surface area contributed by atoms with E-state index in [2.05, 4.69) is 15.5 Å². The van der Waals surface area contributed by atoms with Crippen molar-refractivity contribution in [3.8, 4) is 5.75 Å². The fourth-order valence-corrected chi connectivity index (χ4v) is 2.16. The third-order valence-corrected chi connectivity index (χ3v) is 3.25. The Labute approximate surface area is 113 Å². The summed E-state index contributed by atoms with van der Waals surface area (Å²) in [6, 6.07) is 7.46. The van der Waals surface area contributed by atoms with E-state index in [9.17, 15) is 4.79 Å². The van der Waals surface area contributed by atoms with E-state index in [1.807, 2.05) is 24.3 Å².